The Balaban J connectivity index is 1.92. The van der Waals surface area contributed by atoms with Crippen molar-refractivity contribution in [1.29, 1.82) is 0 Å². The second kappa shape index (κ2) is 8.89. The summed E-state index contributed by atoms with van der Waals surface area (Å²) in [7, 11) is 3.07. The fourth-order valence-corrected chi connectivity index (χ4v) is 3.36. The van der Waals surface area contributed by atoms with Crippen LogP contribution in [0.3, 0.4) is 0 Å². The minimum atomic E-state index is -0.343. The summed E-state index contributed by atoms with van der Waals surface area (Å²) >= 11 is 5.31. The number of rotatable bonds is 4. The summed E-state index contributed by atoms with van der Waals surface area (Å²) in [5.74, 6) is 1.92. The van der Waals surface area contributed by atoms with Crippen molar-refractivity contribution in [3.8, 4) is 11.5 Å². The maximum Gasteiger partial charge on any atom is 0.273 e. The number of nitrogens with one attached hydrogen (secondary N) is 3. The van der Waals surface area contributed by atoms with Crippen molar-refractivity contribution in [2.75, 3.05) is 14.2 Å². The van der Waals surface area contributed by atoms with Gasteiger partial charge in [0.15, 0.2) is 5.11 Å². The molecular formula is C18H27N3O3S. The van der Waals surface area contributed by atoms with Crippen LogP contribution in [-0.4, -0.2) is 31.3 Å². The van der Waals surface area contributed by atoms with Crippen molar-refractivity contribution in [2.24, 2.45) is 11.8 Å². The molecule has 1 aliphatic rings. The van der Waals surface area contributed by atoms with E-state index >= 15 is 0 Å². The highest BCUT2D eigenvalue weighted by molar-refractivity contribution is 7.80. The van der Waals surface area contributed by atoms with Crippen LogP contribution in [0.5, 0.6) is 11.5 Å². The van der Waals surface area contributed by atoms with Crippen LogP contribution in [0.4, 0.5) is 0 Å². The third-order valence-electron chi connectivity index (χ3n) is 4.96. The lowest BCUT2D eigenvalue weighted by Crippen LogP contribution is -2.52. The molecule has 138 valence electrons. The van der Waals surface area contributed by atoms with Crippen molar-refractivity contribution in [1.82, 2.24) is 16.2 Å². The van der Waals surface area contributed by atoms with Gasteiger partial charge in [-0.3, -0.25) is 15.6 Å². The Morgan fingerprint density at radius 1 is 1.16 bits per heavy atom. The molecule has 3 N–H and O–H groups in total. The van der Waals surface area contributed by atoms with Crippen molar-refractivity contribution in [2.45, 2.75) is 39.2 Å². The Kier molecular flexibility index (Phi) is 6.87. The molecule has 2 rings (SSSR count). The molecule has 3 atom stereocenters. The molecule has 0 saturated heterocycles. The number of carbonyl (C=O) groups excluding carboxylic acids is 1. The van der Waals surface area contributed by atoms with Crippen LogP contribution in [0, 0.1) is 11.8 Å². The fraction of sp³-hybridized carbons (Fsp3) is 0.556. The first-order valence-electron chi connectivity index (χ1n) is 8.55. The Labute approximate surface area is 154 Å². The first-order valence-corrected chi connectivity index (χ1v) is 8.96. The Hall–Kier alpha value is -2.02. The molecule has 6 nitrogen and oxygen atoms in total. The smallest absolute Gasteiger partial charge is 0.273 e. The normalized spacial score (nSPS) is 22.6. The third kappa shape index (κ3) is 4.98. The van der Waals surface area contributed by atoms with E-state index in [0.717, 1.165) is 6.42 Å². The molecule has 1 aliphatic carbocycles. The molecule has 0 bridgehead atoms. The molecule has 1 amide bonds. The van der Waals surface area contributed by atoms with Crippen LogP contribution in [0.2, 0.25) is 0 Å². The summed E-state index contributed by atoms with van der Waals surface area (Å²) in [5, 5.41) is 3.72. The van der Waals surface area contributed by atoms with Gasteiger partial charge >= 0.3 is 0 Å². The highest BCUT2D eigenvalue weighted by Crippen LogP contribution is 2.29. The molecule has 1 fully saturated rings. The van der Waals surface area contributed by atoms with Crippen molar-refractivity contribution < 1.29 is 14.3 Å². The molecular weight excluding hydrogens is 338 g/mol. The first kappa shape index (κ1) is 19.3. The van der Waals surface area contributed by atoms with Crippen LogP contribution >= 0.6 is 12.2 Å². The number of ether oxygens (including phenoxy) is 2. The minimum Gasteiger partial charge on any atom is -0.497 e. The van der Waals surface area contributed by atoms with Gasteiger partial charge in [0.25, 0.3) is 5.91 Å². The summed E-state index contributed by atoms with van der Waals surface area (Å²) in [6.45, 7) is 4.51. The van der Waals surface area contributed by atoms with E-state index in [1.165, 1.54) is 20.0 Å². The summed E-state index contributed by atoms with van der Waals surface area (Å²) in [6, 6.07) is 5.38. The number of hydrogen-bond donors (Lipinski definition) is 3. The van der Waals surface area contributed by atoms with Gasteiger partial charge < -0.3 is 14.8 Å². The molecule has 0 radical (unpaired) electrons. The van der Waals surface area contributed by atoms with E-state index in [4.69, 9.17) is 21.7 Å². The Bertz CT molecular complexity index is 624. The second-order valence-corrected chi connectivity index (χ2v) is 6.90. The molecule has 7 heteroatoms. The highest BCUT2D eigenvalue weighted by atomic mass is 32.1. The van der Waals surface area contributed by atoms with Gasteiger partial charge in [0.1, 0.15) is 11.5 Å². The summed E-state index contributed by atoms with van der Waals surface area (Å²) in [6.07, 6.45) is 3.54. The maximum atomic E-state index is 12.4. The van der Waals surface area contributed by atoms with E-state index in [-0.39, 0.29) is 5.91 Å². The van der Waals surface area contributed by atoms with Crippen LogP contribution in [0.25, 0.3) is 0 Å². The van der Waals surface area contributed by atoms with Gasteiger partial charge in [-0.05, 0) is 48.7 Å². The first-order chi connectivity index (χ1) is 12.0. The molecule has 1 saturated carbocycles. The summed E-state index contributed by atoms with van der Waals surface area (Å²) in [4.78, 5) is 12.4. The molecule has 0 aromatic heterocycles. The van der Waals surface area contributed by atoms with Gasteiger partial charge in [0.05, 0.1) is 19.8 Å². The highest BCUT2D eigenvalue weighted by Gasteiger charge is 2.27. The largest absolute Gasteiger partial charge is 0.497 e. The fourth-order valence-electron chi connectivity index (χ4n) is 3.16. The zero-order chi connectivity index (χ0) is 18.4. The number of hydrogen-bond acceptors (Lipinski definition) is 4. The van der Waals surface area contributed by atoms with E-state index in [0.29, 0.717) is 40.1 Å². The van der Waals surface area contributed by atoms with Gasteiger partial charge in [0, 0.05) is 6.04 Å². The predicted octanol–water partition coefficient (Wildman–Crippen LogP) is 2.64. The van der Waals surface area contributed by atoms with E-state index in [1.54, 1.807) is 25.3 Å². The van der Waals surface area contributed by atoms with E-state index in [9.17, 15) is 4.79 Å². The zero-order valence-electron chi connectivity index (χ0n) is 15.2. The Morgan fingerprint density at radius 3 is 2.60 bits per heavy atom. The number of amides is 1. The van der Waals surface area contributed by atoms with Crippen LogP contribution in [0.15, 0.2) is 18.2 Å². The monoisotopic (exact) mass is 365 g/mol. The van der Waals surface area contributed by atoms with Crippen molar-refractivity contribution in [3.63, 3.8) is 0 Å². The van der Waals surface area contributed by atoms with Crippen LogP contribution < -0.4 is 25.6 Å². The molecule has 1 aromatic carbocycles. The van der Waals surface area contributed by atoms with Gasteiger partial charge in [-0.15, -0.1) is 0 Å². The molecule has 0 heterocycles. The van der Waals surface area contributed by atoms with Gasteiger partial charge in [-0.2, -0.15) is 0 Å². The average Bonchev–Trinajstić information content (AvgIpc) is 2.63. The molecule has 0 unspecified atom stereocenters. The quantitative estimate of drug-likeness (QED) is 0.563. The predicted molar refractivity (Wildman–Crippen MR) is 102 cm³/mol. The summed E-state index contributed by atoms with van der Waals surface area (Å²) < 4.78 is 10.4. The number of carbonyl (C=O) groups is 1. The second-order valence-electron chi connectivity index (χ2n) is 6.49. The number of hydrazine groups is 1. The van der Waals surface area contributed by atoms with Gasteiger partial charge in [-0.1, -0.05) is 26.7 Å². The van der Waals surface area contributed by atoms with E-state index < -0.39 is 0 Å². The SMILES string of the molecule is COc1ccc(OC)c(C(=O)NNC(=S)N[C@H]2CCC[C@H](C)[C@H]2C)c1. The lowest BCUT2D eigenvalue weighted by molar-refractivity contribution is 0.0939. The number of thiocarbonyl (C=S) groups is 1. The zero-order valence-corrected chi connectivity index (χ0v) is 16.0. The number of benzene rings is 1. The molecule has 0 spiro atoms. The Morgan fingerprint density at radius 2 is 1.92 bits per heavy atom. The molecule has 0 aliphatic heterocycles. The topological polar surface area (TPSA) is 71.6 Å². The minimum absolute atomic E-state index is 0.326. The van der Waals surface area contributed by atoms with E-state index in [2.05, 4.69) is 30.0 Å². The van der Waals surface area contributed by atoms with Crippen molar-refractivity contribution in [3.05, 3.63) is 23.8 Å². The third-order valence-corrected chi connectivity index (χ3v) is 5.18. The van der Waals surface area contributed by atoms with Crippen LogP contribution in [0.1, 0.15) is 43.5 Å². The average molecular weight is 365 g/mol. The van der Waals surface area contributed by atoms with Crippen molar-refractivity contribution >= 4 is 23.2 Å². The number of methoxy groups -OCH3 is 2. The van der Waals surface area contributed by atoms with Crippen LogP contribution in [-0.2, 0) is 0 Å². The standard InChI is InChI=1S/C18H27N3O3S/c1-11-6-5-7-15(12(11)2)19-18(25)21-20-17(22)14-10-13(23-3)8-9-16(14)24-4/h8-12,15H,5-7H2,1-4H3,(H,20,22)(H2,19,21,25)/t11-,12+,15-/m0/s1. The molecule has 25 heavy (non-hydrogen) atoms. The molecule has 1 aromatic rings. The van der Waals surface area contributed by atoms with Gasteiger partial charge in [0.2, 0.25) is 0 Å². The van der Waals surface area contributed by atoms with Gasteiger partial charge in [-0.25, -0.2) is 0 Å². The van der Waals surface area contributed by atoms with E-state index in [1.807, 2.05) is 0 Å². The lowest BCUT2D eigenvalue weighted by atomic mass is 9.78. The summed E-state index contributed by atoms with van der Waals surface area (Å²) in [5.41, 5.74) is 5.76. The lowest BCUT2D eigenvalue weighted by Gasteiger charge is -2.35. The maximum absolute atomic E-state index is 12.4.